The number of aliphatic imine (C=N–C) groups is 1. The van der Waals surface area contributed by atoms with E-state index in [0.29, 0.717) is 50.0 Å². The summed E-state index contributed by atoms with van der Waals surface area (Å²) in [4.78, 5) is 17.2. The van der Waals surface area contributed by atoms with E-state index in [0.717, 1.165) is 17.3 Å². The van der Waals surface area contributed by atoms with Gasteiger partial charge in [-0.15, -0.1) is 0 Å². The summed E-state index contributed by atoms with van der Waals surface area (Å²) in [6.45, 7) is 2.36. The molecular formula is C26H19ClFN3O3S. The van der Waals surface area contributed by atoms with Crippen molar-refractivity contribution in [3.63, 3.8) is 0 Å². The Hall–Kier alpha value is -3.80. The molecule has 1 N–H and O–H groups in total. The smallest absolute Gasteiger partial charge is 0.264 e. The Morgan fingerprint density at radius 1 is 1.17 bits per heavy atom. The summed E-state index contributed by atoms with van der Waals surface area (Å²) in [6, 6.07) is 18.4. The van der Waals surface area contributed by atoms with Crippen LogP contribution in [0.2, 0.25) is 5.02 Å². The van der Waals surface area contributed by atoms with Gasteiger partial charge in [-0.05, 0) is 72.8 Å². The van der Waals surface area contributed by atoms with Crippen LogP contribution < -0.4 is 14.8 Å². The molecule has 9 heteroatoms. The van der Waals surface area contributed by atoms with E-state index in [1.54, 1.807) is 30.3 Å². The Kier molecular flexibility index (Phi) is 7.70. The monoisotopic (exact) mass is 507 g/mol. The molecule has 0 spiro atoms. The first-order valence-electron chi connectivity index (χ1n) is 10.6. The fourth-order valence-electron chi connectivity index (χ4n) is 3.24. The number of hydrogen-bond acceptors (Lipinski definition) is 6. The van der Waals surface area contributed by atoms with Crippen LogP contribution in [0.4, 0.5) is 10.1 Å². The maximum Gasteiger partial charge on any atom is 0.264 e. The molecule has 1 heterocycles. The van der Waals surface area contributed by atoms with Crippen molar-refractivity contribution in [3.8, 4) is 17.6 Å². The number of benzene rings is 3. The van der Waals surface area contributed by atoms with E-state index < -0.39 is 0 Å². The Labute approximate surface area is 211 Å². The predicted molar refractivity (Wildman–Crippen MR) is 135 cm³/mol. The zero-order valence-electron chi connectivity index (χ0n) is 18.5. The summed E-state index contributed by atoms with van der Waals surface area (Å²) in [7, 11) is 0. The van der Waals surface area contributed by atoms with Gasteiger partial charge < -0.3 is 14.8 Å². The van der Waals surface area contributed by atoms with E-state index in [1.807, 2.05) is 19.1 Å². The molecule has 0 atom stereocenters. The Morgan fingerprint density at radius 2 is 1.94 bits per heavy atom. The van der Waals surface area contributed by atoms with Crippen molar-refractivity contribution in [1.82, 2.24) is 5.32 Å². The third kappa shape index (κ3) is 6.01. The molecule has 0 bridgehead atoms. The van der Waals surface area contributed by atoms with Gasteiger partial charge in [-0.1, -0.05) is 29.8 Å². The lowest BCUT2D eigenvalue weighted by molar-refractivity contribution is -0.115. The highest BCUT2D eigenvalue weighted by molar-refractivity contribution is 8.18. The summed E-state index contributed by atoms with van der Waals surface area (Å²) in [5.74, 6) is 0.107. The summed E-state index contributed by atoms with van der Waals surface area (Å²) < 4.78 is 24.8. The van der Waals surface area contributed by atoms with E-state index in [9.17, 15) is 14.4 Å². The Balaban J connectivity index is 1.57. The molecule has 1 fully saturated rings. The molecule has 6 nitrogen and oxygen atoms in total. The lowest BCUT2D eigenvalue weighted by Gasteiger charge is -2.15. The van der Waals surface area contributed by atoms with Crippen LogP contribution in [0, 0.1) is 17.1 Å². The van der Waals surface area contributed by atoms with Gasteiger partial charge in [0.15, 0.2) is 16.7 Å². The van der Waals surface area contributed by atoms with Crippen molar-refractivity contribution in [1.29, 1.82) is 5.26 Å². The van der Waals surface area contributed by atoms with Crippen LogP contribution in [0.3, 0.4) is 0 Å². The minimum Gasteiger partial charge on any atom is -0.490 e. The Bertz CT molecular complexity index is 1370. The molecule has 1 aliphatic rings. The van der Waals surface area contributed by atoms with Gasteiger partial charge >= 0.3 is 0 Å². The molecule has 3 aromatic carbocycles. The van der Waals surface area contributed by atoms with Crippen LogP contribution in [0.1, 0.15) is 23.6 Å². The van der Waals surface area contributed by atoms with Crippen molar-refractivity contribution >= 4 is 46.2 Å². The molecule has 1 saturated heterocycles. The summed E-state index contributed by atoms with van der Waals surface area (Å²) in [5.41, 5.74) is 2.41. The molecule has 3 aromatic rings. The molecule has 0 saturated carbocycles. The molecule has 0 radical (unpaired) electrons. The average molecular weight is 508 g/mol. The van der Waals surface area contributed by atoms with Crippen LogP contribution >= 0.6 is 23.4 Å². The summed E-state index contributed by atoms with van der Waals surface area (Å²) in [6.07, 6.45) is 1.68. The molecule has 4 rings (SSSR count). The van der Waals surface area contributed by atoms with Gasteiger partial charge in [0.1, 0.15) is 12.4 Å². The number of halogens is 2. The summed E-state index contributed by atoms with van der Waals surface area (Å²) in [5, 5.41) is 12.7. The normalized spacial score (nSPS) is 15.2. The van der Waals surface area contributed by atoms with E-state index in [-0.39, 0.29) is 18.3 Å². The average Bonchev–Trinajstić information content (AvgIpc) is 3.18. The number of thioether (sulfide) groups is 1. The van der Waals surface area contributed by atoms with E-state index in [4.69, 9.17) is 21.1 Å². The highest BCUT2D eigenvalue weighted by atomic mass is 35.5. The van der Waals surface area contributed by atoms with Crippen molar-refractivity contribution in [3.05, 3.63) is 93.1 Å². The first-order chi connectivity index (χ1) is 17.0. The minimum absolute atomic E-state index is 0.144. The maximum atomic E-state index is 13.1. The van der Waals surface area contributed by atoms with Gasteiger partial charge in [0.05, 0.1) is 33.9 Å². The number of amidine groups is 1. The van der Waals surface area contributed by atoms with E-state index >= 15 is 0 Å². The van der Waals surface area contributed by atoms with Crippen molar-refractivity contribution in [2.75, 3.05) is 6.61 Å². The highest BCUT2D eigenvalue weighted by Gasteiger charge is 2.24. The predicted octanol–water partition coefficient (Wildman–Crippen LogP) is 6.22. The molecule has 0 aliphatic carbocycles. The van der Waals surface area contributed by atoms with Crippen LogP contribution in [-0.2, 0) is 11.4 Å². The van der Waals surface area contributed by atoms with Gasteiger partial charge in [-0.3, -0.25) is 4.79 Å². The van der Waals surface area contributed by atoms with Gasteiger partial charge in [-0.2, -0.15) is 5.26 Å². The van der Waals surface area contributed by atoms with Crippen LogP contribution in [0.15, 0.2) is 70.6 Å². The minimum atomic E-state index is -0.360. The maximum absolute atomic E-state index is 13.1. The lowest BCUT2D eigenvalue weighted by atomic mass is 10.1. The fraction of sp³-hybridized carbons (Fsp3) is 0.115. The number of nitriles is 1. The SMILES string of the molecule is CCOc1cc(/C=C2/SC(=Nc3ccc(F)cc3)NC2=O)cc(Cl)c1OCc1ccccc1C#N. The van der Waals surface area contributed by atoms with Crippen LogP contribution in [-0.4, -0.2) is 17.7 Å². The summed E-state index contributed by atoms with van der Waals surface area (Å²) >= 11 is 7.68. The molecule has 35 heavy (non-hydrogen) atoms. The topological polar surface area (TPSA) is 83.7 Å². The van der Waals surface area contributed by atoms with Gasteiger partial charge in [0.2, 0.25) is 0 Å². The van der Waals surface area contributed by atoms with E-state index in [2.05, 4.69) is 16.4 Å². The van der Waals surface area contributed by atoms with Crippen LogP contribution in [0.5, 0.6) is 11.5 Å². The first kappa shape index (κ1) is 24.3. The molecule has 0 unspecified atom stereocenters. The second-order valence-corrected chi connectivity index (χ2v) is 8.72. The molecule has 176 valence electrons. The number of nitrogens with one attached hydrogen (secondary N) is 1. The van der Waals surface area contributed by atoms with E-state index in [1.165, 1.54) is 24.3 Å². The number of amides is 1. The number of nitrogens with zero attached hydrogens (tertiary/aromatic N) is 2. The third-order valence-corrected chi connectivity index (χ3v) is 6.04. The van der Waals surface area contributed by atoms with Crippen molar-refractivity contribution in [2.24, 2.45) is 4.99 Å². The zero-order valence-corrected chi connectivity index (χ0v) is 20.1. The molecule has 1 aliphatic heterocycles. The molecule has 1 amide bonds. The molecular weight excluding hydrogens is 489 g/mol. The number of hydrogen-bond donors (Lipinski definition) is 1. The Morgan fingerprint density at radius 3 is 2.69 bits per heavy atom. The van der Waals surface area contributed by atoms with Crippen LogP contribution in [0.25, 0.3) is 6.08 Å². The number of carbonyl (C=O) groups is 1. The van der Waals surface area contributed by atoms with Gasteiger partial charge in [0, 0.05) is 5.56 Å². The number of rotatable bonds is 7. The lowest BCUT2D eigenvalue weighted by Crippen LogP contribution is -2.19. The highest BCUT2D eigenvalue weighted by Crippen LogP contribution is 2.39. The van der Waals surface area contributed by atoms with Crippen molar-refractivity contribution < 1.29 is 18.7 Å². The standard InChI is InChI=1S/C26H19ClFN3O3S/c1-2-33-22-12-16(11-21(27)24(22)34-15-18-6-4-3-5-17(18)14-29)13-23-25(32)31-26(35-23)30-20-9-7-19(28)8-10-20/h3-13H,2,15H2,1H3,(H,30,31,32)/b23-13+. The number of ether oxygens (including phenoxy) is 2. The fourth-order valence-corrected chi connectivity index (χ4v) is 4.36. The van der Waals surface area contributed by atoms with Crippen molar-refractivity contribution in [2.45, 2.75) is 13.5 Å². The third-order valence-electron chi connectivity index (χ3n) is 4.85. The first-order valence-corrected chi connectivity index (χ1v) is 11.8. The zero-order chi connectivity index (χ0) is 24.8. The van der Waals surface area contributed by atoms with Gasteiger partial charge in [0.25, 0.3) is 5.91 Å². The quantitative estimate of drug-likeness (QED) is 0.384. The number of carbonyl (C=O) groups excluding carboxylic acids is 1. The largest absolute Gasteiger partial charge is 0.490 e. The second kappa shape index (κ2) is 11.1. The van der Waals surface area contributed by atoms with Gasteiger partial charge in [-0.25, -0.2) is 9.38 Å². The second-order valence-electron chi connectivity index (χ2n) is 7.28. The molecule has 0 aromatic heterocycles.